The normalized spacial score (nSPS) is 13.6. The highest BCUT2D eigenvalue weighted by Crippen LogP contribution is 2.35. The van der Waals surface area contributed by atoms with Crippen molar-refractivity contribution in [1.82, 2.24) is 0 Å². The highest BCUT2D eigenvalue weighted by atomic mass is 16.6. The fourth-order valence-corrected chi connectivity index (χ4v) is 3.83. The van der Waals surface area contributed by atoms with Crippen molar-refractivity contribution in [2.75, 3.05) is 7.11 Å². The molecule has 2 aromatic rings. The van der Waals surface area contributed by atoms with Gasteiger partial charge in [0.05, 0.1) is 29.9 Å². The number of fused-ring (bicyclic) bond motifs is 2. The molecule has 0 aromatic heterocycles. The summed E-state index contributed by atoms with van der Waals surface area (Å²) < 4.78 is 10.7. The molecule has 1 atom stereocenters. The maximum atomic E-state index is 13.4. The number of primary amides is 1. The number of esters is 1. The van der Waals surface area contributed by atoms with Gasteiger partial charge in [0.2, 0.25) is 5.91 Å². The molecule has 0 fully saturated rings. The number of benzene rings is 2. The number of carbonyl (C=O) groups excluding carboxylic acids is 2. The smallest absolute Gasteiger partial charge is 0.344 e. The van der Waals surface area contributed by atoms with Gasteiger partial charge >= 0.3 is 17.9 Å². The predicted molar refractivity (Wildman–Crippen MR) is 119 cm³/mol. The van der Waals surface area contributed by atoms with Crippen molar-refractivity contribution in [1.29, 1.82) is 0 Å². The fourth-order valence-electron chi connectivity index (χ4n) is 3.83. The van der Waals surface area contributed by atoms with E-state index in [1.807, 2.05) is 0 Å². The number of hydrogen-bond donors (Lipinski definition) is 3. The molecule has 35 heavy (non-hydrogen) atoms. The number of nitrogens with two attached hydrogens (primary N) is 1. The number of carboxylic acid groups (broad SMARTS) is 2. The first-order valence-corrected chi connectivity index (χ1v) is 10.2. The van der Waals surface area contributed by atoms with Crippen molar-refractivity contribution < 1.29 is 43.8 Å². The Bertz CT molecular complexity index is 1280. The molecule has 1 amide bonds. The van der Waals surface area contributed by atoms with Gasteiger partial charge in [0, 0.05) is 29.3 Å². The van der Waals surface area contributed by atoms with Gasteiger partial charge in [0.1, 0.15) is 11.5 Å². The summed E-state index contributed by atoms with van der Waals surface area (Å²) in [5.41, 5.74) is 4.67. The van der Waals surface area contributed by atoms with E-state index in [1.165, 1.54) is 19.2 Å². The molecule has 182 valence electrons. The summed E-state index contributed by atoms with van der Waals surface area (Å²) in [5.74, 6) is -6.65. The van der Waals surface area contributed by atoms with E-state index < -0.39 is 46.8 Å². The molecule has 12 heteroatoms. The number of nitro groups is 1. The average Bonchev–Trinajstić information content (AvgIpc) is 2.79. The van der Waals surface area contributed by atoms with Crippen LogP contribution in [0.1, 0.15) is 49.7 Å². The number of methoxy groups -OCH3 is 1. The molecule has 12 nitrogen and oxygen atoms in total. The van der Waals surface area contributed by atoms with E-state index in [0.29, 0.717) is 0 Å². The summed E-state index contributed by atoms with van der Waals surface area (Å²) in [6.07, 6.45) is 2.37. The number of hydrogen-bond acceptors (Lipinski definition) is 8. The summed E-state index contributed by atoms with van der Waals surface area (Å²) in [6, 6.07) is 4.68. The summed E-state index contributed by atoms with van der Waals surface area (Å²) in [6.45, 7) is 0. The van der Waals surface area contributed by atoms with Gasteiger partial charge < -0.3 is 25.4 Å². The Morgan fingerprint density at radius 1 is 1.17 bits per heavy atom. The molecule has 0 saturated heterocycles. The van der Waals surface area contributed by atoms with Crippen LogP contribution in [0, 0.1) is 10.1 Å². The van der Waals surface area contributed by atoms with Gasteiger partial charge in [-0.1, -0.05) is 12.2 Å². The maximum Gasteiger partial charge on any atom is 0.344 e. The number of carboxylic acids is 2. The second-order valence-electron chi connectivity index (χ2n) is 7.60. The van der Waals surface area contributed by atoms with Crippen LogP contribution in [-0.4, -0.2) is 46.1 Å². The van der Waals surface area contributed by atoms with Crippen molar-refractivity contribution in [3.05, 3.63) is 74.3 Å². The van der Waals surface area contributed by atoms with Gasteiger partial charge in [-0.2, -0.15) is 0 Å². The molecule has 0 spiro atoms. The zero-order valence-corrected chi connectivity index (χ0v) is 18.3. The molecule has 3 rings (SSSR count). The molecule has 1 aliphatic rings. The zero-order chi connectivity index (χ0) is 25.9. The predicted octanol–water partition coefficient (Wildman–Crippen LogP) is 2.22. The fraction of sp³-hybridized carbons (Fsp3) is 0.217. The lowest BCUT2D eigenvalue weighted by Gasteiger charge is -2.20. The van der Waals surface area contributed by atoms with E-state index in [1.54, 1.807) is 12.2 Å². The molecule has 0 bridgehead atoms. The highest BCUT2D eigenvalue weighted by molar-refractivity contribution is 5.99. The Kier molecular flexibility index (Phi) is 7.14. The maximum absolute atomic E-state index is 13.4. The topological polar surface area (TPSA) is 196 Å². The lowest BCUT2D eigenvalue weighted by Crippen LogP contribution is -2.23. The van der Waals surface area contributed by atoms with Crippen LogP contribution < -0.4 is 15.2 Å². The van der Waals surface area contributed by atoms with Crippen molar-refractivity contribution in [2.45, 2.75) is 25.2 Å². The third kappa shape index (κ3) is 5.27. The summed E-state index contributed by atoms with van der Waals surface area (Å²) in [5, 5.41) is 30.4. The van der Waals surface area contributed by atoms with Crippen molar-refractivity contribution in [2.24, 2.45) is 5.73 Å². The Morgan fingerprint density at radius 3 is 2.43 bits per heavy atom. The van der Waals surface area contributed by atoms with Gasteiger partial charge in [-0.3, -0.25) is 24.5 Å². The van der Waals surface area contributed by atoms with Crippen LogP contribution >= 0.6 is 0 Å². The van der Waals surface area contributed by atoms with E-state index in [2.05, 4.69) is 0 Å². The molecule has 1 aliphatic heterocycles. The lowest BCUT2D eigenvalue weighted by atomic mass is 9.87. The number of aliphatic carboxylic acids is 2. The summed E-state index contributed by atoms with van der Waals surface area (Å²) in [4.78, 5) is 59.4. The van der Waals surface area contributed by atoms with E-state index in [0.717, 1.165) is 12.1 Å². The van der Waals surface area contributed by atoms with Gasteiger partial charge in [0.25, 0.3) is 5.69 Å². The van der Waals surface area contributed by atoms with E-state index in [-0.39, 0.29) is 52.2 Å². The van der Waals surface area contributed by atoms with Crippen LogP contribution in [0.15, 0.2) is 36.4 Å². The average molecular weight is 484 g/mol. The molecule has 4 N–H and O–H groups in total. The second-order valence-corrected chi connectivity index (χ2v) is 7.60. The first kappa shape index (κ1) is 24.9. The van der Waals surface area contributed by atoms with Crippen LogP contribution in [-0.2, 0) is 22.4 Å². The minimum absolute atomic E-state index is 0.0318. The van der Waals surface area contributed by atoms with E-state index in [4.69, 9.17) is 15.2 Å². The van der Waals surface area contributed by atoms with E-state index in [9.17, 15) is 39.5 Å². The number of allylic oxidation sites excluding steroid dienone is 2. The highest BCUT2D eigenvalue weighted by Gasteiger charge is 2.33. The van der Waals surface area contributed by atoms with Crippen LogP contribution in [0.2, 0.25) is 0 Å². The van der Waals surface area contributed by atoms with Gasteiger partial charge in [-0.25, -0.2) is 4.79 Å². The molecule has 1 heterocycles. The third-order valence-corrected chi connectivity index (χ3v) is 5.42. The van der Waals surface area contributed by atoms with Gasteiger partial charge in [-0.05, 0) is 30.0 Å². The Hall–Kier alpha value is -4.74. The number of non-ortho nitro benzene ring substituents is 1. The molecule has 1 unspecified atom stereocenters. The Balaban J connectivity index is 2.29. The van der Waals surface area contributed by atoms with Crippen molar-refractivity contribution in [3.8, 4) is 11.5 Å². The second kappa shape index (κ2) is 10.0. The quantitative estimate of drug-likeness (QED) is 0.172. The summed E-state index contributed by atoms with van der Waals surface area (Å²) >= 11 is 0. The molecule has 0 aliphatic carbocycles. The molecular formula is C23H20N2O10. The van der Waals surface area contributed by atoms with Crippen LogP contribution in [0.25, 0.3) is 0 Å². The Morgan fingerprint density at radius 2 is 1.86 bits per heavy atom. The number of carbonyl (C=O) groups is 4. The number of nitro benzene ring substituents is 1. The molecule has 2 aromatic carbocycles. The zero-order valence-electron chi connectivity index (χ0n) is 18.3. The number of nitrogens with zero attached hydrogens (tertiary/aromatic N) is 1. The minimum atomic E-state index is -1.77. The number of ether oxygens (including phenoxy) is 2. The largest absolute Gasteiger partial charge is 0.497 e. The third-order valence-electron chi connectivity index (χ3n) is 5.42. The monoisotopic (exact) mass is 484 g/mol. The minimum Gasteiger partial charge on any atom is -0.497 e. The molecule has 0 saturated carbocycles. The molecule has 0 radical (unpaired) electrons. The summed E-state index contributed by atoms with van der Waals surface area (Å²) in [7, 11) is 1.32. The number of rotatable bonds is 7. The van der Waals surface area contributed by atoms with Crippen molar-refractivity contribution in [3.63, 3.8) is 0 Å². The SMILES string of the molecule is COc1cc2c(c(C(N)=O)c1)CC=CCc1cc([N+](=O)[O-])cc(C(CC(=O)O)C(=O)O)c1C(=O)O2. The van der Waals surface area contributed by atoms with Crippen LogP contribution in [0.5, 0.6) is 11.5 Å². The van der Waals surface area contributed by atoms with Gasteiger partial charge in [0.15, 0.2) is 0 Å². The van der Waals surface area contributed by atoms with Crippen LogP contribution in [0.4, 0.5) is 5.69 Å². The van der Waals surface area contributed by atoms with Gasteiger partial charge in [-0.15, -0.1) is 0 Å². The first-order valence-electron chi connectivity index (χ1n) is 10.2. The van der Waals surface area contributed by atoms with E-state index >= 15 is 0 Å². The lowest BCUT2D eigenvalue weighted by molar-refractivity contribution is -0.385. The Labute approximate surface area is 197 Å². The number of amides is 1. The van der Waals surface area contributed by atoms with Crippen molar-refractivity contribution >= 4 is 29.5 Å². The van der Waals surface area contributed by atoms with Crippen LogP contribution in [0.3, 0.4) is 0 Å². The standard InChI is InChI=1S/C23H20N2O10/c1-34-13-8-16(21(24)28)14-5-3-2-4-11-6-12(25(32)33)7-15(17(22(29)30)10-19(26)27)20(11)23(31)35-18(14)9-13/h2-3,6-9,17H,4-5,10H2,1H3,(H2,24,28)(H,26,27)(H,29,30). The molecular weight excluding hydrogens is 464 g/mol. The first-order chi connectivity index (χ1) is 16.5.